The molecule has 0 saturated carbocycles. The van der Waals surface area contributed by atoms with Gasteiger partial charge in [0.25, 0.3) is 0 Å². The summed E-state index contributed by atoms with van der Waals surface area (Å²) >= 11 is 3.49. The molecule has 36 heavy (non-hydrogen) atoms. The maximum absolute atomic E-state index is 14.5. The summed E-state index contributed by atoms with van der Waals surface area (Å²) < 4.78 is 30.2. The molecule has 0 saturated heterocycles. The number of nitrogens with zero attached hydrogens (tertiary/aromatic N) is 2. The summed E-state index contributed by atoms with van der Waals surface area (Å²) in [5.74, 6) is -1.48. The van der Waals surface area contributed by atoms with Gasteiger partial charge in [-0.2, -0.15) is 0 Å². The lowest BCUT2D eigenvalue weighted by molar-refractivity contribution is 0.194. The zero-order valence-corrected chi connectivity index (χ0v) is 21.4. The Morgan fingerprint density at radius 3 is 2.64 bits per heavy atom. The van der Waals surface area contributed by atoms with E-state index < -0.39 is 17.7 Å². The number of carbonyl (C=O) groups is 1. The van der Waals surface area contributed by atoms with Gasteiger partial charge < -0.3 is 14.8 Å². The molecule has 0 fully saturated rings. The van der Waals surface area contributed by atoms with Gasteiger partial charge in [-0.1, -0.05) is 12.1 Å². The molecule has 2 amide bonds. The van der Waals surface area contributed by atoms with Gasteiger partial charge in [0.1, 0.15) is 16.6 Å². The maximum Gasteiger partial charge on any atom is 0.323 e. The number of thioether (sulfide) groups is 1. The maximum atomic E-state index is 14.5. The molecule has 4 aromatic rings. The molecule has 1 aliphatic carbocycles. The molecule has 4 nitrogen and oxygen atoms in total. The Labute approximate surface area is 216 Å². The number of hydrogen-bond donors (Lipinski definition) is 1. The van der Waals surface area contributed by atoms with Crippen molar-refractivity contribution < 1.29 is 13.6 Å². The van der Waals surface area contributed by atoms with E-state index in [-0.39, 0.29) is 11.7 Å². The van der Waals surface area contributed by atoms with Gasteiger partial charge in [0, 0.05) is 27.6 Å². The minimum absolute atomic E-state index is 0.0370. The van der Waals surface area contributed by atoms with Crippen LogP contribution in [0.4, 0.5) is 19.3 Å². The number of carbonyl (C=O) groups excluding carboxylic acids is 1. The monoisotopic (exact) mass is 521 g/mol. The van der Waals surface area contributed by atoms with Crippen LogP contribution in [-0.4, -0.2) is 21.8 Å². The van der Waals surface area contributed by atoms with Gasteiger partial charge in [-0.3, -0.25) is 0 Å². The van der Waals surface area contributed by atoms with Crippen molar-refractivity contribution in [1.29, 1.82) is 0 Å². The van der Waals surface area contributed by atoms with E-state index in [4.69, 9.17) is 0 Å². The van der Waals surface area contributed by atoms with Gasteiger partial charge in [-0.05, 0) is 79.5 Å². The number of halogens is 2. The van der Waals surface area contributed by atoms with Crippen LogP contribution in [0.5, 0.6) is 0 Å². The highest BCUT2D eigenvalue weighted by molar-refractivity contribution is 7.98. The molecule has 0 bridgehead atoms. The molecule has 2 aromatic carbocycles. The van der Waals surface area contributed by atoms with Crippen LogP contribution in [0, 0.1) is 11.6 Å². The van der Waals surface area contributed by atoms with Gasteiger partial charge in [0.05, 0.1) is 24.0 Å². The van der Waals surface area contributed by atoms with Crippen molar-refractivity contribution in [2.75, 3.05) is 11.6 Å². The van der Waals surface area contributed by atoms with E-state index in [1.165, 1.54) is 28.5 Å². The summed E-state index contributed by atoms with van der Waals surface area (Å²) in [7, 11) is 0. The molecule has 0 spiro atoms. The second-order valence-electron chi connectivity index (χ2n) is 9.16. The lowest BCUT2D eigenvalue weighted by Gasteiger charge is -2.31. The Morgan fingerprint density at radius 1 is 1.06 bits per heavy atom. The smallest absolute Gasteiger partial charge is 0.310 e. The Kier molecular flexibility index (Phi) is 6.09. The van der Waals surface area contributed by atoms with Crippen LogP contribution in [0.3, 0.4) is 0 Å². The van der Waals surface area contributed by atoms with Crippen LogP contribution in [0.2, 0.25) is 0 Å². The molecule has 1 aliphatic heterocycles. The number of rotatable bonds is 3. The first-order valence-electron chi connectivity index (χ1n) is 12.0. The minimum Gasteiger partial charge on any atom is -0.310 e. The molecule has 3 heterocycles. The molecule has 1 atom stereocenters. The quantitative estimate of drug-likeness (QED) is 0.283. The average Bonchev–Trinajstić information content (AvgIpc) is 3.48. The molecule has 0 radical (unpaired) electrons. The Morgan fingerprint density at radius 2 is 1.86 bits per heavy atom. The fraction of sp³-hybridized carbons (Fsp3) is 0.250. The number of hydrogen-bond acceptors (Lipinski definition) is 3. The molecule has 6 rings (SSSR count). The molecule has 8 heteroatoms. The summed E-state index contributed by atoms with van der Waals surface area (Å²) in [5, 5.41) is 3.88. The highest BCUT2D eigenvalue weighted by atomic mass is 32.2. The number of anilines is 1. The van der Waals surface area contributed by atoms with Crippen molar-refractivity contribution in [2.24, 2.45) is 0 Å². The minimum atomic E-state index is -0.795. The highest BCUT2D eigenvalue weighted by Gasteiger charge is 2.36. The lowest BCUT2D eigenvalue weighted by Crippen LogP contribution is -2.38. The Hall–Kier alpha value is -3.10. The van der Waals surface area contributed by atoms with Crippen LogP contribution in [0.15, 0.2) is 65.7 Å². The van der Waals surface area contributed by atoms with E-state index in [2.05, 4.69) is 46.4 Å². The van der Waals surface area contributed by atoms with E-state index in [9.17, 15) is 13.6 Å². The third kappa shape index (κ3) is 4.02. The molecular formula is C28H25F2N3OS2. The third-order valence-corrected chi connectivity index (χ3v) is 9.12. The van der Waals surface area contributed by atoms with Crippen molar-refractivity contribution in [3.05, 3.63) is 99.7 Å². The number of aryl methyl sites for hydroxylation is 1. The number of urea groups is 1. The Balaban J connectivity index is 1.48. The van der Waals surface area contributed by atoms with Crippen LogP contribution in [0.1, 0.15) is 46.1 Å². The first-order chi connectivity index (χ1) is 17.5. The summed E-state index contributed by atoms with van der Waals surface area (Å²) in [6, 6.07) is 14.7. The van der Waals surface area contributed by atoms with Gasteiger partial charge in [0.2, 0.25) is 0 Å². The van der Waals surface area contributed by atoms with Crippen LogP contribution in [-0.2, 0) is 19.4 Å². The average molecular weight is 522 g/mol. The van der Waals surface area contributed by atoms with Gasteiger partial charge in [-0.25, -0.2) is 13.6 Å². The van der Waals surface area contributed by atoms with Crippen LogP contribution < -0.4 is 5.32 Å². The molecule has 1 N–H and O–H groups in total. The summed E-state index contributed by atoms with van der Waals surface area (Å²) in [5.41, 5.74) is 4.45. The van der Waals surface area contributed by atoms with E-state index in [0.717, 1.165) is 52.5 Å². The molecule has 2 aliphatic rings. The fourth-order valence-corrected chi connectivity index (χ4v) is 7.11. The predicted octanol–water partition coefficient (Wildman–Crippen LogP) is 7.55. The van der Waals surface area contributed by atoms with Crippen molar-refractivity contribution in [2.45, 2.75) is 43.2 Å². The zero-order chi connectivity index (χ0) is 24.8. The van der Waals surface area contributed by atoms with Gasteiger partial charge in [-0.15, -0.1) is 23.1 Å². The highest BCUT2D eigenvalue weighted by Crippen LogP contribution is 2.44. The molecule has 2 aromatic heterocycles. The molecule has 0 unspecified atom stereocenters. The number of benzene rings is 2. The topological polar surface area (TPSA) is 37.3 Å². The summed E-state index contributed by atoms with van der Waals surface area (Å²) in [6.45, 7) is 0.409. The number of nitrogens with one attached hydrogen (secondary N) is 1. The third-order valence-electron chi connectivity index (χ3n) is 7.04. The number of amides is 2. The van der Waals surface area contributed by atoms with Gasteiger partial charge >= 0.3 is 6.03 Å². The largest absolute Gasteiger partial charge is 0.323 e. The summed E-state index contributed by atoms with van der Waals surface area (Å²) in [4.78, 5) is 18.2. The van der Waals surface area contributed by atoms with Crippen LogP contribution >= 0.6 is 23.1 Å². The van der Waals surface area contributed by atoms with E-state index in [1.807, 2.05) is 23.7 Å². The van der Waals surface area contributed by atoms with Crippen molar-refractivity contribution >= 4 is 34.8 Å². The zero-order valence-electron chi connectivity index (χ0n) is 19.8. The van der Waals surface area contributed by atoms with Crippen molar-refractivity contribution in [1.82, 2.24) is 9.47 Å². The molecular weight excluding hydrogens is 496 g/mol. The number of fused-ring (bicyclic) bond motifs is 5. The van der Waals surface area contributed by atoms with Gasteiger partial charge in [0.15, 0.2) is 0 Å². The molecule has 184 valence electrons. The second-order valence-corrected chi connectivity index (χ2v) is 11.1. The first kappa shape index (κ1) is 23.3. The van der Waals surface area contributed by atoms with E-state index >= 15 is 0 Å². The van der Waals surface area contributed by atoms with Crippen molar-refractivity contribution in [3.63, 3.8) is 0 Å². The summed E-state index contributed by atoms with van der Waals surface area (Å²) in [6.07, 6.45) is 8.50. The normalized spacial score (nSPS) is 16.6. The van der Waals surface area contributed by atoms with E-state index in [0.29, 0.717) is 6.54 Å². The number of aromatic nitrogens is 1. The number of thiophene rings is 1. The standard InChI is InChI=1S/C28H25F2N3OS2/c1-35-19-11-8-17(9-12-19)26-24-6-4-14-32(24)27-21(20-5-2-3-7-25(20)36-27)16-33(26)28(34)31-23-13-10-18(29)15-22(23)30/h4,6,8-15,26H,2-3,5,7,16H2,1H3,(H,31,34)/t26-/m1/s1. The fourth-order valence-electron chi connectivity index (χ4n) is 5.30. The Bertz CT molecular complexity index is 1440. The SMILES string of the molecule is CSc1ccc([C@@H]2c3cccn3-c3sc4c(c3CN2C(=O)Nc2ccc(F)cc2F)CCCC4)cc1. The van der Waals surface area contributed by atoms with Crippen LogP contribution in [0.25, 0.3) is 5.00 Å². The predicted molar refractivity (Wildman–Crippen MR) is 141 cm³/mol. The second kappa shape index (κ2) is 9.41. The first-order valence-corrected chi connectivity index (χ1v) is 14.1. The van der Waals surface area contributed by atoms with Crippen molar-refractivity contribution in [3.8, 4) is 5.00 Å². The van der Waals surface area contributed by atoms with E-state index in [1.54, 1.807) is 16.7 Å². The lowest BCUT2D eigenvalue weighted by atomic mass is 9.95.